The number of carbonyl (C=O) groups is 1. The second kappa shape index (κ2) is 3.42. The van der Waals surface area contributed by atoms with Crippen LogP contribution in [0.25, 0.3) is 0 Å². The maximum atomic E-state index is 10.7. The maximum Gasteiger partial charge on any atom is 0.217 e. The van der Waals surface area contributed by atoms with E-state index < -0.39 is 0 Å². The van der Waals surface area contributed by atoms with Crippen molar-refractivity contribution in [3.63, 3.8) is 0 Å². The lowest BCUT2D eigenvalue weighted by Crippen LogP contribution is -2.46. The molecule has 0 aromatic rings. The van der Waals surface area contributed by atoms with Crippen molar-refractivity contribution in [3.05, 3.63) is 12.3 Å². The highest BCUT2D eigenvalue weighted by molar-refractivity contribution is 5.74. The Morgan fingerprint density at radius 3 is 2.18 bits per heavy atom. The molecular formula is C8H16N2O. The molecule has 0 saturated heterocycles. The van der Waals surface area contributed by atoms with Gasteiger partial charge in [-0.15, -0.1) is 0 Å². The van der Waals surface area contributed by atoms with Crippen LogP contribution < -0.4 is 10.6 Å². The fraction of sp³-hybridized carbons (Fsp3) is 0.625. The summed E-state index contributed by atoms with van der Waals surface area (Å²) in [5.74, 6) is -0.0496. The van der Waals surface area contributed by atoms with E-state index in [2.05, 4.69) is 17.2 Å². The van der Waals surface area contributed by atoms with Crippen LogP contribution in [0.3, 0.4) is 0 Å². The Hall–Kier alpha value is -0.990. The van der Waals surface area contributed by atoms with E-state index in [0.29, 0.717) is 0 Å². The molecule has 0 aliphatic carbocycles. The molecular weight excluding hydrogens is 140 g/mol. The number of hydrogen-bond acceptors (Lipinski definition) is 2. The third kappa shape index (κ3) is 3.07. The Balaban J connectivity index is 4.21. The molecule has 0 spiro atoms. The Bertz CT molecular complexity index is 173. The summed E-state index contributed by atoms with van der Waals surface area (Å²) in [7, 11) is 1.78. The van der Waals surface area contributed by atoms with Gasteiger partial charge in [0.25, 0.3) is 0 Å². The first kappa shape index (κ1) is 10.0. The second-order valence-electron chi connectivity index (χ2n) is 3.03. The molecule has 0 aromatic carbocycles. The number of rotatable bonds is 3. The molecule has 3 nitrogen and oxygen atoms in total. The number of hydrogen-bond donors (Lipinski definition) is 2. The third-order valence-electron chi connectivity index (χ3n) is 1.54. The quantitative estimate of drug-likeness (QED) is 0.629. The van der Waals surface area contributed by atoms with E-state index in [9.17, 15) is 4.79 Å². The summed E-state index contributed by atoms with van der Waals surface area (Å²) < 4.78 is 0. The summed E-state index contributed by atoms with van der Waals surface area (Å²) >= 11 is 0. The summed E-state index contributed by atoms with van der Waals surface area (Å²) in [4.78, 5) is 10.7. The van der Waals surface area contributed by atoms with Crippen molar-refractivity contribution >= 4 is 5.91 Å². The zero-order valence-electron chi connectivity index (χ0n) is 7.62. The van der Waals surface area contributed by atoms with Crippen LogP contribution in [0.15, 0.2) is 12.3 Å². The van der Waals surface area contributed by atoms with Gasteiger partial charge in [0.05, 0.1) is 5.54 Å². The van der Waals surface area contributed by atoms with Gasteiger partial charge < -0.3 is 10.6 Å². The lowest BCUT2D eigenvalue weighted by atomic mass is 10.0. The van der Waals surface area contributed by atoms with Gasteiger partial charge in [-0.3, -0.25) is 4.79 Å². The summed E-state index contributed by atoms with van der Waals surface area (Å²) in [6.07, 6.45) is 0. The molecule has 0 bridgehead atoms. The van der Waals surface area contributed by atoms with Gasteiger partial charge in [0.15, 0.2) is 0 Å². The highest BCUT2D eigenvalue weighted by Crippen LogP contribution is 2.09. The van der Waals surface area contributed by atoms with E-state index in [4.69, 9.17) is 0 Å². The molecule has 0 heterocycles. The molecule has 0 aliphatic rings. The van der Waals surface area contributed by atoms with Crippen LogP contribution in [0.4, 0.5) is 0 Å². The molecule has 0 aromatic heterocycles. The fourth-order valence-corrected chi connectivity index (χ4v) is 0.828. The van der Waals surface area contributed by atoms with Gasteiger partial charge in [-0.05, 0) is 13.8 Å². The normalized spacial score (nSPS) is 10.5. The highest BCUT2D eigenvalue weighted by atomic mass is 16.1. The average molecular weight is 156 g/mol. The number of likely N-dealkylation sites (N-methyl/N-ethyl adjacent to an activating group) is 1. The van der Waals surface area contributed by atoms with Crippen molar-refractivity contribution in [1.29, 1.82) is 0 Å². The topological polar surface area (TPSA) is 41.1 Å². The van der Waals surface area contributed by atoms with E-state index in [0.717, 1.165) is 5.70 Å². The van der Waals surface area contributed by atoms with Crippen molar-refractivity contribution in [3.8, 4) is 0 Å². The minimum atomic E-state index is -0.374. The fourth-order valence-electron chi connectivity index (χ4n) is 0.828. The number of amides is 1. The molecule has 2 N–H and O–H groups in total. The van der Waals surface area contributed by atoms with Crippen molar-refractivity contribution < 1.29 is 4.79 Å². The molecule has 0 saturated carbocycles. The molecule has 0 aliphatic heterocycles. The SMILES string of the molecule is C=C(NC)C(C)(C)NC(C)=O. The Morgan fingerprint density at radius 2 is 1.91 bits per heavy atom. The summed E-state index contributed by atoms with van der Waals surface area (Å²) in [5, 5.41) is 5.67. The van der Waals surface area contributed by atoms with Crippen molar-refractivity contribution in [2.45, 2.75) is 26.3 Å². The molecule has 0 rings (SSSR count). The molecule has 0 radical (unpaired) electrons. The van der Waals surface area contributed by atoms with Gasteiger partial charge >= 0.3 is 0 Å². The molecule has 0 fully saturated rings. The van der Waals surface area contributed by atoms with E-state index in [1.807, 2.05) is 13.8 Å². The average Bonchev–Trinajstić information content (AvgIpc) is 1.83. The number of nitrogens with one attached hydrogen (secondary N) is 2. The molecule has 0 atom stereocenters. The molecule has 3 heteroatoms. The second-order valence-corrected chi connectivity index (χ2v) is 3.03. The van der Waals surface area contributed by atoms with Gasteiger partial charge in [0.1, 0.15) is 0 Å². The maximum absolute atomic E-state index is 10.7. The third-order valence-corrected chi connectivity index (χ3v) is 1.54. The van der Waals surface area contributed by atoms with Gasteiger partial charge in [0.2, 0.25) is 5.91 Å². The van der Waals surface area contributed by atoms with Crippen LogP contribution in [0.2, 0.25) is 0 Å². The van der Waals surface area contributed by atoms with Crippen molar-refractivity contribution in [1.82, 2.24) is 10.6 Å². The first-order valence-electron chi connectivity index (χ1n) is 3.56. The molecule has 64 valence electrons. The van der Waals surface area contributed by atoms with Gasteiger partial charge in [-0.25, -0.2) is 0 Å². The van der Waals surface area contributed by atoms with Crippen LogP contribution >= 0.6 is 0 Å². The van der Waals surface area contributed by atoms with Crippen molar-refractivity contribution in [2.75, 3.05) is 7.05 Å². The largest absolute Gasteiger partial charge is 0.390 e. The summed E-state index contributed by atoms with van der Waals surface area (Å²) in [5.41, 5.74) is 0.424. The van der Waals surface area contributed by atoms with Gasteiger partial charge in [-0.1, -0.05) is 6.58 Å². The predicted molar refractivity (Wildman–Crippen MR) is 46.1 cm³/mol. The van der Waals surface area contributed by atoms with E-state index in [1.54, 1.807) is 7.05 Å². The molecule has 1 amide bonds. The molecule has 11 heavy (non-hydrogen) atoms. The lowest BCUT2D eigenvalue weighted by molar-refractivity contribution is -0.120. The summed E-state index contributed by atoms with van der Waals surface area (Å²) in [6.45, 7) is 9.05. The monoisotopic (exact) mass is 156 g/mol. The van der Waals surface area contributed by atoms with E-state index >= 15 is 0 Å². The highest BCUT2D eigenvalue weighted by Gasteiger charge is 2.20. The van der Waals surface area contributed by atoms with E-state index in [-0.39, 0.29) is 11.4 Å². The first-order valence-corrected chi connectivity index (χ1v) is 3.56. The van der Waals surface area contributed by atoms with Gasteiger partial charge in [0, 0.05) is 19.7 Å². The van der Waals surface area contributed by atoms with Crippen LogP contribution in [-0.4, -0.2) is 18.5 Å². The summed E-state index contributed by atoms with van der Waals surface area (Å²) in [6, 6.07) is 0. The van der Waals surface area contributed by atoms with Crippen molar-refractivity contribution in [2.24, 2.45) is 0 Å². The Labute approximate surface area is 67.9 Å². The van der Waals surface area contributed by atoms with E-state index in [1.165, 1.54) is 6.92 Å². The molecule has 0 unspecified atom stereocenters. The number of carbonyl (C=O) groups excluding carboxylic acids is 1. The smallest absolute Gasteiger partial charge is 0.217 e. The minimum Gasteiger partial charge on any atom is -0.390 e. The lowest BCUT2D eigenvalue weighted by Gasteiger charge is -2.27. The van der Waals surface area contributed by atoms with Gasteiger partial charge in [-0.2, -0.15) is 0 Å². The van der Waals surface area contributed by atoms with Crippen LogP contribution in [0.5, 0.6) is 0 Å². The Kier molecular flexibility index (Phi) is 3.11. The van der Waals surface area contributed by atoms with Crippen LogP contribution in [0, 0.1) is 0 Å². The zero-order chi connectivity index (χ0) is 9.07. The minimum absolute atomic E-state index is 0.0496. The van der Waals surface area contributed by atoms with Crippen LogP contribution in [0.1, 0.15) is 20.8 Å². The zero-order valence-corrected chi connectivity index (χ0v) is 7.62. The van der Waals surface area contributed by atoms with Crippen LogP contribution in [-0.2, 0) is 4.79 Å². The Morgan fingerprint density at radius 1 is 1.45 bits per heavy atom. The standard InChI is InChI=1S/C8H16N2O/c1-6(9-5)8(3,4)10-7(2)11/h9H,1H2,2-5H3,(H,10,11). The first-order chi connectivity index (χ1) is 4.90. The predicted octanol–water partition coefficient (Wildman–Crippen LogP) is 0.634.